The first-order valence-electron chi connectivity index (χ1n) is 21.6. The van der Waals surface area contributed by atoms with Crippen molar-refractivity contribution in [3.05, 3.63) is 233 Å². The molecule has 0 saturated carbocycles. The number of nitrogens with zero attached hydrogens (tertiary/aromatic N) is 1. The second-order valence-corrected chi connectivity index (χ2v) is 19.5. The first-order valence-corrected chi connectivity index (χ1v) is 22.4. The minimum absolute atomic E-state index is 0.129. The molecule has 1 heterocycles. The van der Waals surface area contributed by atoms with Gasteiger partial charge in [0.1, 0.15) is 0 Å². The summed E-state index contributed by atoms with van der Waals surface area (Å²) in [7, 11) is 0. The van der Waals surface area contributed by atoms with Crippen molar-refractivity contribution in [2.24, 2.45) is 0 Å². The highest BCUT2D eigenvalue weighted by Gasteiger charge is 2.51. The molecule has 1 unspecified atom stereocenters. The lowest BCUT2D eigenvalue weighted by Gasteiger charge is -2.40. The van der Waals surface area contributed by atoms with Crippen LogP contribution in [0, 0.1) is 0 Å². The molecule has 9 aromatic carbocycles. The zero-order valence-corrected chi connectivity index (χ0v) is 35.6. The van der Waals surface area contributed by atoms with Gasteiger partial charge in [-0.15, -0.1) is 0 Å². The molecule has 0 amide bonds. The number of fused-ring (bicyclic) bond motifs is 17. The minimum atomic E-state index is -0.502. The molecule has 9 aromatic rings. The van der Waals surface area contributed by atoms with Crippen molar-refractivity contribution in [1.29, 1.82) is 0 Å². The highest BCUT2D eigenvalue weighted by molar-refractivity contribution is 7.99. The van der Waals surface area contributed by atoms with E-state index in [0.29, 0.717) is 0 Å². The average molecular weight is 798 g/mol. The van der Waals surface area contributed by atoms with Crippen LogP contribution in [0.5, 0.6) is 0 Å². The van der Waals surface area contributed by atoms with Crippen molar-refractivity contribution >= 4 is 39.6 Å². The molecule has 1 nitrogen and oxygen atoms in total. The van der Waals surface area contributed by atoms with Crippen LogP contribution in [-0.2, 0) is 16.2 Å². The lowest BCUT2D eigenvalue weighted by molar-refractivity contribution is 0.660. The van der Waals surface area contributed by atoms with E-state index in [-0.39, 0.29) is 10.8 Å². The van der Waals surface area contributed by atoms with Crippen LogP contribution in [0.15, 0.2) is 198 Å². The number of anilines is 3. The second-order valence-electron chi connectivity index (χ2n) is 18.4. The Balaban J connectivity index is 1.09. The van der Waals surface area contributed by atoms with E-state index in [1.165, 1.54) is 110 Å². The van der Waals surface area contributed by atoms with Gasteiger partial charge in [0.05, 0.1) is 5.41 Å². The maximum atomic E-state index is 2.54. The molecule has 3 aliphatic carbocycles. The molecule has 0 aromatic heterocycles. The highest BCUT2D eigenvalue weighted by Crippen LogP contribution is 2.64. The third-order valence-electron chi connectivity index (χ3n) is 14.7. The van der Waals surface area contributed by atoms with Crippen molar-refractivity contribution in [1.82, 2.24) is 0 Å². The molecule has 0 bridgehead atoms. The fourth-order valence-corrected chi connectivity index (χ4v) is 13.1. The third kappa shape index (κ3) is 4.53. The van der Waals surface area contributed by atoms with Crippen LogP contribution in [0.3, 0.4) is 0 Å². The largest absolute Gasteiger partial charge is 0.310 e. The summed E-state index contributed by atoms with van der Waals surface area (Å²) >= 11 is 1.91. The molecular formula is C59H43NS. The standard InChI is InChI=1S/C59H43NS/c1-57(2)46-20-10-7-17-41(46)43-29-26-37(33-51(43)57)60(38-27-30-44-42-18-8-11-21-47(42)58(3,4)52(44)34-38)39-28-32-55-53(35-39)59(49-23-13-14-24-54(49)61-55)48-22-12-9-19-45(48)56-40-16-6-5-15-36(40)25-31-50(56)59/h5-35H,1-4H3. The van der Waals surface area contributed by atoms with Gasteiger partial charge >= 0.3 is 0 Å². The Hall–Kier alpha value is -6.61. The summed E-state index contributed by atoms with van der Waals surface area (Å²) in [5.41, 5.74) is 21.7. The van der Waals surface area contributed by atoms with Gasteiger partial charge in [0.15, 0.2) is 0 Å². The zero-order chi connectivity index (χ0) is 40.8. The van der Waals surface area contributed by atoms with Crippen LogP contribution in [0.2, 0.25) is 0 Å². The van der Waals surface area contributed by atoms with E-state index < -0.39 is 5.41 Å². The number of benzene rings is 9. The molecule has 61 heavy (non-hydrogen) atoms. The molecule has 0 radical (unpaired) electrons. The summed E-state index contributed by atoms with van der Waals surface area (Å²) in [5, 5.41) is 2.58. The molecule has 1 aliphatic heterocycles. The van der Waals surface area contributed by atoms with Crippen molar-refractivity contribution in [2.45, 2.75) is 53.7 Å². The van der Waals surface area contributed by atoms with Gasteiger partial charge in [0.2, 0.25) is 0 Å². The zero-order valence-electron chi connectivity index (χ0n) is 34.8. The van der Waals surface area contributed by atoms with Gasteiger partial charge in [-0.1, -0.05) is 179 Å². The third-order valence-corrected chi connectivity index (χ3v) is 15.9. The lowest BCUT2D eigenvalue weighted by Crippen LogP contribution is -2.32. The SMILES string of the molecule is CC1(C)c2ccccc2-c2ccc(N(c3ccc4c(c3)C(C)(C)c3ccccc3-4)c3ccc4c(c3)C3(c5ccccc5S4)c4ccccc4-c4c3ccc3ccccc43)cc21. The van der Waals surface area contributed by atoms with Gasteiger partial charge in [-0.3, -0.25) is 0 Å². The molecule has 2 heteroatoms. The molecule has 0 fully saturated rings. The van der Waals surface area contributed by atoms with Gasteiger partial charge in [0.25, 0.3) is 0 Å². The van der Waals surface area contributed by atoms with E-state index in [0.717, 1.165) is 5.69 Å². The van der Waals surface area contributed by atoms with Crippen molar-refractivity contribution in [3.63, 3.8) is 0 Å². The Labute approximate surface area is 362 Å². The summed E-state index contributed by atoms with van der Waals surface area (Å²) < 4.78 is 0. The van der Waals surface area contributed by atoms with E-state index >= 15 is 0 Å². The molecule has 1 spiro atoms. The van der Waals surface area contributed by atoms with E-state index in [1.807, 2.05) is 11.8 Å². The maximum Gasteiger partial charge on any atom is 0.0736 e. The van der Waals surface area contributed by atoms with E-state index in [4.69, 9.17) is 0 Å². The summed E-state index contributed by atoms with van der Waals surface area (Å²) in [4.78, 5) is 5.16. The first kappa shape index (κ1) is 35.2. The molecular weight excluding hydrogens is 755 g/mol. The second kappa shape index (κ2) is 12.2. The summed E-state index contributed by atoms with van der Waals surface area (Å²) in [6.45, 7) is 9.54. The predicted octanol–water partition coefficient (Wildman–Crippen LogP) is 15.7. The lowest BCUT2D eigenvalue weighted by atomic mass is 9.67. The van der Waals surface area contributed by atoms with Gasteiger partial charge in [0, 0.05) is 37.7 Å². The number of hydrogen-bond acceptors (Lipinski definition) is 2. The summed E-state index contributed by atoms with van der Waals surface area (Å²) in [5.74, 6) is 0. The Morgan fingerprint density at radius 3 is 1.48 bits per heavy atom. The smallest absolute Gasteiger partial charge is 0.0736 e. The Morgan fingerprint density at radius 2 is 0.820 bits per heavy atom. The summed E-state index contributed by atoms with van der Waals surface area (Å²) in [6.07, 6.45) is 0. The Morgan fingerprint density at radius 1 is 0.344 bits per heavy atom. The van der Waals surface area contributed by atoms with E-state index in [2.05, 4.69) is 221 Å². The first-order chi connectivity index (χ1) is 29.8. The normalized spacial score (nSPS) is 17.4. The molecule has 1 atom stereocenters. The monoisotopic (exact) mass is 797 g/mol. The van der Waals surface area contributed by atoms with Gasteiger partial charge in [-0.2, -0.15) is 0 Å². The minimum Gasteiger partial charge on any atom is -0.310 e. The molecule has 0 saturated heterocycles. The fraction of sp³-hybridized carbons (Fsp3) is 0.119. The number of rotatable bonds is 3. The Bertz CT molecular complexity index is 3260. The van der Waals surface area contributed by atoms with Crippen LogP contribution in [-0.4, -0.2) is 0 Å². The molecule has 4 aliphatic rings. The van der Waals surface area contributed by atoms with Crippen molar-refractivity contribution < 1.29 is 0 Å². The Kier molecular flexibility index (Phi) is 7.06. The molecule has 13 rings (SSSR count). The topological polar surface area (TPSA) is 3.24 Å². The van der Waals surface area contributed by atoms with E-state index in [9.17, 15) is 0 Å². The highest BCUT2D eigenvalue weighted by atomic mass is 32.2. The van der Waals surface area contributed by atoms with Crippen molar-refractivity contribution in [2.75, 3.05) is 4.90 Å². The van der Waals surface area contributed by atoms with Crippen LogP contribution in [0.25, 0.3) is 44.2 Å². The fourth-order valence-electron chi connectivity index (χ4n) is 11.9. The van der Waals surface area contributed by atoms with Gasteiger partial charge in [-0.25, -0.2) is 0 Å². The van der Waals surface area contributed by atoms with E-state index in [1.54, 1.807) is 0 Å². The quantitative estimate of drug-likeness (QED) is 0.175. The van der Waals surface area contributed by atoms with Crippen LogP contribution < -0.4 is 4.90 Å². The molecule has 290 valence electrons. The van der Waals surface area contributed by atoms with Crippen LogP contribution in [0.1, 0.15) is 72.2 Å². The van der Waals surface area contributed by atoms with Gasteiger partial charge < -0.3 is 4.90 Å². The van der Waals surface area contributed by atoms with Crippen LogP contribution >= 0.6 is 11.8 Å². The maximum absolute atomic E-state index is 2.54. The van der Waals surface area contributed by atoms with Gasteiger partial charge in [-0.05, 0) is 137 Å². The van der Waals surface area contributed by atoms with Crippen molar-refractivity contribution in [3.8, 4) is 33.4 Å². The average Bonchev–Trinajstić information content (AvgIpc) is 3.82. The number of hydrogen-bond donors (Lipinski definition) is 0. The van der Waals surface area contributed by atoms with Crippen LogP contribution in [0.4, 0.5) is 17.1 Å². The summed E-state index contributed by atoms with van der Waals surface area (Å²) in [6, 6.07) is 71.7. The predicted molar refractivity (Wildman–Crippen MR) is 255 cm³/mol. The molecule has 0 N–H and O–H groups in total.